The van der Waals surface area contributed by atoms with Crippen LogP contribution in [0.2, 0.25) is 0 Å². The minimum atomic E-state index is -0.262. The SMILES string of the molecule is CCOc1cc(C(C#N)N2CCC(C)CC2)ccc1O. The Morgan fingerprint density at radius 1 is 1.45 bits per heavy atom. The van der Waals surface area contributed by atoms with E-state index in [1.54, 1.807) is 12.1 Å². The van der Waals surface area contributed by atoms with Crippen LogP contribution in [0.15, 0.2) is 18.2 Å². The molecule has 1 unspecified atom stereocenters. The summed E-state index contributed by atoms with van der Waals surface area (Å²) in [6.07, 6.45) is 2.27. The third-order valence-corrected chi connectivity index (χ3v) is 3.91. The van der Waals surface area contributed by atoms with Gasteiger partial charge in [0.2, 0.25) is 0 Å². The number of rotatable bonds is 4. The molecule has 1 N–H and O–H groups in total. The number of hydrogen-bond donors (Lipinski definition) is 1. The van der Waals surface area contributed by atoms with Crippen LogP contribution in [0.1, 0.15) is 38.3 Å². The standard InChI is InChI=1S/C16H22N2O2/c1-3-20-16-10-13(4-5-15(16)19)14(11-17)18-8-6-12(2)7-9-18/h4-5,10,12,14,19H,3,6-9H2,1-2H3. The van der Waals surface area contributed by atoms with Crippen molar-refractivity contribution in [2.75, 3.05) is 19.7 Å². The summed E-state index contributed by atoms with van der Waals surface area (Å²) in [6, 6.07) is 7.32. The van der Waals surface area contributed by atoms with E-state index in [0.29, 0.717) is 12.4 Å². The van der Waals surface area contributed by atoms with Crippen molar-refractivity contribution in [2.24, 2.45) is 5.92 Å². The van der Waals surface area contributed by atoms with Crippen molar-refractivity contribution >= 4 is 0 Å². The normalized spacial score (nSPS) is 18.4. The molecule has 1 aliphatic rings. The van der Waals surface area contributed by atoms with Crippen LogP contribution in [0.25, 0.3) is 0 Å². The minimum absolute atomic E-state index is 0.125. The number of ether oxygens (including phenoxy) is 1. The van der Waals surface area contributed by atoms with Gasteiger partial charge in [0.05, 0.1) is 12.7 Å². The van der Waals surface area contributed by atoms with Crippen LogP contribution in [0.4, 0.5) is 0 Å². The number of likely N-dealkylation sites (tertiary alicyclic amines) is 1. The summed E-state index contributed by atoms with van der Waals surface area (Å²) < 4.78 is 5.40. The second kappa shape index (κ2) is 6.62. The number of aromatic hydroxyl groups is 1. The fourth-order valence-electron chi connectivity index (χ4n) is 2.63. The van der Waals surface area contributed by atoms with E-state index < -0.39 is 0 Å². The van der Waals surface area contributed by atoms with Gasteiger partial charge in [-0.15, -0.1) is 0 Å². The van der Waals surface area contributed by atoms with Gasteiger partial charge in [-0.05, 0) is 56.5 Å². The Balaban J connectivity index is 2.19. The predicted octanol–water partition coefficient (Wildman–Crippen LogP) is 3.09. The maximum Gasteiger partial charge on any atom is 0.161 e. The monoisotopic (exact) mass is 274 g/mol. The summed E-state index contributed by atoms with van der Waals surface area (Å²) in [6.45, 7) is 6.52. The van der Waals surface area contributed by atoms with Gasteiger partial charge < -0.3 is 9.84 Å². The van der Waals surface area contributed by atoms with Gasteiger partial charge in [-0.2, -0.15) is 5.26 Å². The molecule has 0 aliphatic carbocycles. The molecular formula is C16H22N2O2. The van der Waals surface area contributed by atoms with E-state index in [2.05, 4.69) is 17.9 Å². The lowest BCUT2D eigenvalue weighted by molar-refractivity contribution is 0.164. The molecule has 0 radical (unpaired) electrons. The van der Waals surface area contributed by atoms with Crippen molar-refractivity contribution in [2.45, 2.75) is 32.7 Å². The molecule has 0 spiro atoms. The van der Waals surface area contributed by atoms with E-state index in [-0.39, 0.29) is 11.8 Å². The van der Waals surface area contributed by atoms with Gasteiger partial charge in [0.25, 0.3) is 0 Å². The Labute approximate surface area is 120 Å². The highest BCUT2D eigenvalue weighted by molar-refractivity contribution is 5.43. The number of nitriles is 1. The van der Waals surface area contributed by atoms with Crippen LogP contribution in [-0.2, 0) is 0 Å². The van der Waals surface area contributed by atoms with Crippen LogP contribution in [0.3, 0.4) is 0 Å². The van der Waals surface area contributed by atoms with Crippen molar-refractivity contribution < 1.29 is 9.84 Å². The zero-order chi connectivity index (χ0) is 14.5. The molecule has 4 heteroatoms. The molecule has 1 aliphatic heterocycles. The fourth-order valence-corrected chi connectivity index (χ4v) is 2.63. The maximum absolute atomic E-state index is 9.74. The first-order chi connectivity index (χ1) is 9.65. The summed E-state index contributed by atoms with van der Waals surface area (Å²) >= 11 is 0. The average Bonchev–Trinajstić information content (AvgIpc) is 2.45. The summed E-state index contributed by atoms with van der Waals surface area (Å²) in [5.74, 6) is 1.32. The number of hydrogen-bond acceptors (Lipinski definition) is 4. The van der Waals surface area contributed by atoms with Crippen LogP contribution in [0, 0.1) is 17.2 Å². The molecule has 0 aromatic heterocycles. The Kier molecular flexibility index (Phi) is 4.86. The third-order valence-electron chi connectivity index (χ3n) is 3.91. The van der Waals surface area contributed by atoms with Crippen LogP contribution >= 0.6 is 0 Å². The van der Waals surface area contributed by atoms with E-state index in [1.165, 1.54) is 0 Å². The zero-order valence-corrected chi connectivity index (χ0v) is 12.2. The lowest BCUT2D eigenvalue weighted by Crippen LogP contribution is -2.35. The Morgan fingerprint density at radius 3 is 2.75 bits per heavy atom. The van der Waals surface area contributed by atoms with Crippen LogP contribution in [0.5, 0.6) is 11.5 Å². The molecule has 108 valence electrons. The fraction of sp³-hybridized carbons (Fsp3) is 0.562. The molecule has 1 aromatic carbocycles. The van der Waals surface area contributed by atoms with Gasteiger partial charge in [-0.1, -0.05) is 13.0 Å². The van der Waals surface area contributed by atoms with E-state index in [1.807, 2.05) is 13.0 Å². The first-order valence-electron chi connectivity index (χ1n) is 7.25. The van der Waals surface area contributed by atoms with Gasteiger partial charge in [-0.3, -0.25) is 4.90 Å². The largest absolute Gasteiger partial charge is 0.504 e. The van der Waals surface area contributed by atoms with Gasteiger partial charge in [0.1, 0.15) is 6.04 Å². The highest BCUT2D eigenvalue weighted by atomic mass is 16.5. The minimum Gasteiger partial charge on any atom is -0.504 e. The molecule has 20 heavy (non-hydrogen) atoms. The van der Waals surface area contributed by atoms with Gasteiger partial charge >= 0.3 is 0 Å². The van der Waals surface area contributed by atoms with Crippen molar-refractivity contribution in [3.05, 3.63) is 23.8 Å². The smallest absolute Gasteiger partial charge is 0.161 e. The first-order valence-corrected chi connectivity index (χ1v) is 7.25. The maximum atomic E-state index is 9.74. The first kappa shape index (κ1) is 14.7. The molecule has 1 aromatic rings. The summed E-state index contributed by atoms with van der Waals surface area (Å²) in [5.41, 5.74) is 0.892. The third kappa shape index (κ3) is 3.23. The Bertz CT molecular complexity index is 488. The number of phenolic OH excluding ortho intramolecular Hbond substituents is 1. The second-order valence-corrected chi connectivity index (χ2v) is 5.41. The number of piperidine rings is 1. The van der Waals surface area contributed by atoms with Gasteiger partial charge in [-0.25, -0.2) is 0 Å². The lowest BCUT2D eigenvalue weighted by atomic mass is 9.96. The summed E-state index contributed by atoms with van der Waals surface area (Å²) in [5, 5.41) is 19.2. The molecule has 0 saturated carbocycles. The molecule has 2 rings (SSSR count). The quantitative estimate of drug-likeness (QED) is 0.916. The van der Waals surface area contributed by atoms with Gasteiger partial charge in [0.15, 0.2) is 11.5 Å². The second-order valence-electron chi connectivity index (χ2n) is 5.41. The number of benzene rings is 1. The molecule has 1 saturated heterocycles. The van der Waals surface area contributed by atoms with Gasteiger partial charge in [0, 0.05) is 0 Å². The highest BCUT2D eigenvalue weighted by Gasteiger charge is 2.25. The van der Waals surface area contributed by atoms with E-state index in [9.17, 15) is 10.4 Å². The number of nitrogens with zero attached hydrogens (tertiary/aromatic N) is 2. The Hall–Kier alpha value is -1.73. The lowest BCUT2D eigenvalue weighted by Gasteiger charge is -2.33. The molecule has 0 bridgehead atoms. The predicted molar refractivity (Wildman–Crippen MR) is 77.6 cm³/mol. The Morgan fingerprint density at radius 2 is 2.15 bits per heavy atom. The van der Waals surface area contributed by atoms with Crippen molar-refractivity contribution in [1.82, 2.24) is 4.90 Å². The molecule has 1 atom stereocenters. The zero-order valence-electron chi connectivity index (χ0n) is 12.2. The molecule has 0 amide bonds. The van der Waals surface area contributed by atoms with E-state index in [4.69, 9.17) is 4.74 Å². The summed E-state index contributed by atoms with van der Waals surface area (Å²) in [7, 11) is 0. The molecule has 1 heterocycles. The number of phenols is 1. The van der Waals surface area contributed by atoms with Crippen LogP contribution < -0.4 is 4.74 Å². The summed E-state index contributed by atoms with van der Waals surface area (Å²) in [4.78, 5) is 2.21. The van der Waals surface area contributed by atoms with Crippen molar-refractivity contribution in [1.29, 1.82) is 5.26 Å². The molecule has 1 fully saturated rings. The van der Waals surface area contributed by atoms with Crippen molar-refractivity contribution in [3.63, 3.8) is 0 Å². The average molecular weight is 274 g/mol. The van der Waals surface area contributed by atoms with E-state index in [0.717, 1.165) is 37.4 Å². The van der Waals surface area contributed by atoms with E-state index >= 15 is 0 Å². The highest BCUT2D eigenvalue weighted by Crippen LogP contribution is 2.32. The molecular weight excluding hydrogens is 252 g/mol. The topological polar surface area (TPSA) is 56.5 Å². The molecule has 4 nitrogen and oxygen atoms in total. The van der Waals surface area contributed by atoms with Crippen molar-refractivity contribution in [3.8, 4) is 17.6 Å². The van der Waals surface area contributed by atoms with Crippen LogP contribution in [-0.4, -0.2) is 29.7 Å².